The van der Waals surface area contributed by atoms with E-state index in [2.05, 4.69) is 20.7 Å². The van der Waals surface area contributed by atoms with Gasteiger partial charge in [0.25, 0.3) is 0 Å². The monoisotopic (exact) mass is 382 g/mol. The molecule has 1 aromatic carbocycles. The van der Waals surface area contributed by atoms with Gasteiger partial charge in [0.1, 0.15) is 11.6 Å². The van der Waals surface area contributed by atoms with Crippen LogP contribution in [0.4, 0.5) is 14.5 Å². The summed E-state index contributed by atoms with van der Waals surface area (Å²) in [6.07, 6.45) is 0. The molecule has 2 aromatic rings. The van der Waals surface area contributed by atoms with Crippen LogP contribution in [-0.2, 0) is 16.6 Å². The van der Waals surface area contributed by atoms with Gasteiger partial charge in [0.15, 0.2) is 4.90 Å². The second-order valence-corrected chi connectivity index (χ2v) is 8.10. The van der Waals surface area contributed by atoms with E-state index in [0.717, 1.165) is 15.9 Å². The van der Waals surface area contributed by atoms with Crippen LogP contribution in [0.15, 0.2) is 32.9 Å². The van der Waals surface area contributed by atoms with Crippen molar-refractivity contribution in [2.45, 2.75) is 11.4 Å². The number of nitrogen functional groups attached to an aromatic ring is 1. The van der Waals surface area contributed by atoms with Gasteiger partial charge in [-0.3, -0.25) is 0 Å². The molecule has 0 aliphatic rings. The minimum absolute atomic E-state index is 0.0537. The van der Waals surface area contributed by atoms with Crippen molar-refractivity contribution in [2.24, 2.45) is 0 Å². The predicted octanol–water partition coefficient (Wildman–Crippen LogP) is 2.85. The number of halogens is 3. The highest BCUT2D eigenvalue weighted by Gasteiger charge is 2.24. The van der Waals surface area contributed by atoms with Gasteiger partial charge in [-0.2, -0.15) is 0 Å². The van der Waals surface area contributed by atoms with Gasteiger partial charge in [-0.25, -0.2) is 21.9 Å². The molecule has 0 fully saturated rings. The standard InChI is InChI=1S/C11H9BrF2N2O2S2/c12-10-2-1-7(19-10)5-16-20(17,18)11-8(13)3-6(15)4-9(11)14/h1-4,16H,5,15H2. The molecule has 3 N–H and O–H groups in total. The Morgan fingerprint density at radius 2 is 1.85 bits per heavy atom. The number of rotatable bonds is 4. The van der Waals surface area contributed by atoms with Gasteiger partial charge < -0.3 is 5.73 Å². The first-order valence-electron chi connectivity index (χ1n) is 5.28. The fourth-order valence-corrected chi connectivity index (χ4v) is 4.16. The lowest BCUT2D eigenvalue weighted by atomic mass is 10.3. The van der Waals surface area contributed by atoms with Crippen LogP contribution >= 0.6 is 27.3 Å². The molecule has 2 rings (SSSR count). The maximum atomic E-state index is 13.6. The molecule has 0 atom stereocenters. The summed E-state index contributed by atoms with van der Waals surface area (Å²) in [5.41, 5.74) is 5.06. The highest BCUT2D eigenvalue weighted by atomic mass is 79.9. The minimum Gasteiger partial charge on any atom is -0.399 e. The third-order valence-corrected chi connectivity index (χ3v) is 5.43. The summed E-state index contributed by atoms with van der Waals surface area (Å²) in [6.45, 7) is -0.0537. The summed E-state index contributed by atoms with van der Waals surface area (Å²) in [7, 11) is -4.29. The molecule has 0 aliphatic carbocycles. The maximum absolute atomic E-state index is 13.6. The van der Waals surface area contributed by atoms with Crippen LogP contribution in [0.2, 0.25) is 0 Å². The molecule has 0 bridgehead atoms. The van der Waals surface area contributed by atoms with Gasteiger partial charge in [-0.05, 0) is 40.2 Å². The van der Waals surface area contributed by atoms with Gasteiger partial charge in [0.2, 0.25) is 10.0 Å². The molecule has 0 aliphatic heterocycles. The van der Waals surface area contributed by atoms with Crippen molar-refractivity contribution in [2.75, 3.05) is 5.73 Å². The van der Waals surface area contributed by atoms with Gasteiger partial charge >= 0.3 is 0 Å². The summed E-state index contributed by atoms with van der Waals surface area (Å²) < 4.78 is 54.0. The Labute approximate surface area is 126 Å². The summed E-state index contributed by atoms with van der Waals surface area (Å²) in [6, 6.07) is 4.98. The van der Waals surface area contributed by atoms with Crippen molar-refractivity contribution in [1.82, 2.24) is 4.72 Å². The van der Waals surface area contributed by atoms with E-state index in [-0.39, 0.29) is 12.2 Å². The topological polar surface area (TPSA) is 72.2 Å². The molecule has 20 heavy (non-hydrogen) atoms. The fourth-order valence-electron chi connectivity index (χ4n) is 1.52. The summed E-state index contributed by atoms with van der Waals surface area (Å²) >= 11 is 4.55. The van der Waals surface area contributed by atoms with E-state index in [0.29, 0.717) is 4.88 Å². The molecule has 0 unspecified atom stereocenters. The lowest BCUT2D eigenvalue weighted by molar-refractivity contribution is 0.515. The van der Waals surface area contributed by atoms with Crippen LogP contribution < -0.4 is 10.5 Å². The highest BCUT2D eigenvalue weighted by molar-refractivity contribution is 9.11. The van der Waals surface area contributed by atoms with Crippen LogP contribution in [0, 0.1) is 11.6 Å². The molecule has 1 aromatic heterocycles. The second kappa shape index (κ2) is 5.76. The Hall–Kier alpha value is -1.03. The lowest BCUT2D eigenvalue weighted by Crippen LogP contribution is -2.25. The van der Waals surface area contributed by atoms with Gasteiger partial charge in [0.05, 0.1) is 3.79 Å². The smallest absolute Gasteiger partial charge is 0.246 e. The van der Waals surface area contributed by atoms with E-state index in [4.69, 9.17) is 5.73 Å². The van der Waals surface area contributed by atoms with E-state index in [9.17, 15) is 17.2 Å². The normalized spacial score (nSPS) is 11.8. The molecule has 4 nitrogen and oxygen atoms in total. The van der Waals surface area contributed by atoms with Gasteiger partial charge in [-0.1, -0.05) is 0 Å². The van der Waals surface area contributed by atoms with E-state index >= 15 is 0 Å². The minimum atomic E-state index is -4.29. The van der Waals surface area contributed by atoms with Crippen molar-refractivity contribution in [1.29, 1.82) is 0 Å². The molecule has 0 spiro atoms. The van der Waals surface area contributed by atoms with E-state index in [1.54, 1.807) is 12.1 Å². The molecular weight excluding hydrogens is 374 g/mol. The fraction of sp³-hybridized carbons (Fsp3) is 0.0909. The van der Waals surface area contributed by atoms with Gasteiger partial charge in [0, 0.05) is 17.1 Å². The van der Waals surface area contributed by atoms with Gasteiger partial charge in [-0.15, -0.1) is 11.3 Å². The van der Waals surface area contributed by atoms with Crippen LogP contribution in [0.25, 0.3) is 0 Å². The zero-order valence-corrected chi connectivity index (χ0v) is 13.1. The first-order chi connectivity index (χ1) is 9.29. The number of anilines is 1. The quantitative estimate of drug-likeness (QED) is 0.798. The van der Waals surface area contributed by atoms with Crippen LogP contribution in [0.1, 0.15) is 4.88 Å². The van der Waals surface area contributed by atoms with E-state index < -0.39 is 26.6 Å². The molecule has 0 saturated heterocycles. The number of hydrogen-bond donors (Lipinski definition) is 2. The Balaban J connectivity index is 2.27. The molecule has 0 amide bonds. The molecular formula is C11H9BrF2N2O2S2. The van der Waals surface area contributed by atoms with E-state index in [1.165, 1.54) is 11.3 Å². The summed E-state index contributed by atoms with van der Waals surface area (Å²) in [5, 5.41) is 0. The SMILES string of the molecule is Nc1cc(F)c(S(=O)(=O)NCc2ccc(Br)s2)c(F)c1. The predicted molar refractivity (Wildman–Crippen MR) is 76.8 cm³/mol. The Morgan fingerprint density at radius 3 is 2.35 bits per heavy atom. The molecule has 1 heterocycles. The van der Waals surface area contributed by atoms with Crippen molar-refractivity contribution < 1.29 is 17.2 Å². The Kier molecular flexibility index (Phi) is 4.43. The average molecular weight is 383 g/mol. The van der Waals surface area contributed by atoms with Crippen LogP contribution in [0.3, 0.4) is 0 Å². The number of hydrogen-bond acceptors (Lipinski definition) is 4. The largest absolute Gasteiger partial charge is 0.399 e. The zero-order valence-electron chi connectivity index (χ0n) is 9.86. The molecule has 0 saturated carbocycles. The lowest BCUT2D eigenvalue weighted by Gasteiger charge is -2.08. The van der Waals surface area contributed by atoms with Crippen LogP contribution in [-0.4, -0.2) is 8.42 Å². The van der Waals surface area contributed by atoms with Crippen molar-refractivity contribution >= 4 is 43.0 Å². The number of nitrogens with two attached hydrogens (primary N) is 1. The zero-order chi connectivity index (χ0) is 14.9. The van der Waals surface area contributed by atoms with E-state index in [1.807, 2.05) is 0 Å². The summed E-state index contributed by atoms with van der Waals surface area (Å²) in [5.74, 6) is -2.44. The second-order valence-electron chi connectivity index (χ2n) is 3.84. The average Bonchev–Trinajstić information content (AvgIpc) is 2.71. The van der Waals surface area contributed by atoms with Crippen molar-refractivity contribution in [3.8, 4) is 0 Å². The first kappa shape index (κ1) is 15.4. The Bertz CT molecular complexity index is 724. The molecule has 108 valence electrons. The number of thiophene rings is 1. The Morgan fingerprint density at radius 1 is 1.25 bits per heavy atom. The maximum Gasteiger partial charge on any atom is 0.246 e. The number of nitrogens with one attached hydrogen (secondary N) is 1. The molecule has 9 heteroatoms. The summed E-state index contributed by atoms with van der Waals surface area (Å²) in [4.78, 5) is -0.320. The van der Waals surface area contributed by atoms with Crippen molar-refractivity contribution in [3.05, 3.63) is 44.6 Å². The van der Waals surface area contributed by atoms with Crippen LogP contribution in [0.5, 0.6) is 0 Å². The highest BCUT2D eigenvalue weighted by Crippen LogP contribution is 2.24. The van der Waals surface area contributed by atoms with Crippen molar-refractivity contribution in [3.63, 3.8) is 0 Å². The third-order valence-electron chi connectivity index (χ3n) is 2.35. The number of sulfonamides is 1. The number of benzene rings is 1. The molecule has 0 radical (unpaired) electrons. The first-order valence-corrected chi connectivity index (χ1v) is 8.37. The third kappa shape index (κ3) is 3.35.